The lowest BCUT2D eigenvalue weighted by Gasteiger charge is -2.18. The van der Waals surface area contributed by atoms with Crippen molar-refractivity contribution in [1.82, 2.24) is 19.1 Å². The maximum atomic E-state index is 4.76. The first kappa shape index (κ1) is 28.2. The monoisotopic (exact) mass is 618 g/mol. The zero-order chi connectivity index (χ0) is 32.5. The van der Waals surface area contributed by atoms with Crippen molar-refractivity contribution in [2.45, 2.75) is 13.8 Å². The predicted octanol–water partition coefficient (Wildman–Crippen LogP) is 11.1. The van der Waals surface area contributed by atoms with Crippen molar-refractivity contribution >= 4 is 43.6 Å². The molecule has 0 fully saturated rings. The van der Waals surface area contributed by atoms with Crippen LogP contribution in [0, 0.1) is 13.8 Å². The zero-order valence-electron chi connectivity index (χ0n) is 27.5. The zero-order valence-corrected chi connectivity index (χ0v) is 27.5. The highest BCUT2D eigenvalue weighted by Gasteiger charge is 2.17. The third-order valence-corrected chi connectivity index (χ3v) is 10.2. The second-order valence-corrected chi connectivity index (χ2v) is 12.8. The van der Waals surface area contributed by atoms with Gasteiger partial charge in [0.1, 0.15) is 11.6 Å². The first-order chi connectivity index (χ1) is 23.4. The highest BCUT2D eigenvalue weighted by atomic mass is 15.1. The van der Waals surface area contributed by atoms with Crippen molar-refractivity contribution in [2.75, 3.05) is 0 Å². The molecular formula is C44H34N4. The first-order valence-electron chi connectivity index (χ1n) is 16.5. The molecule has 230 valence electrons. The van der Waals surface area contributed by atoms with Crippen molar-refractivity contribution < 1.29 is 0 Å². The standard InChI is InChI=1S/C44H34N4/c1-27-45-40-22-20-32(24-42(40)47(27)3)34-12-8-14-36-38(34)26-39-35(33-21-23-41-43(25-33)48(4)28(2)46-41)13-9-15-37(39)44(36)31-18-16-30(17-19-31)29-10-6-5-7-11-29/h5-26H,1-4H3. The molecule has 0 N–H and O–H groups in total. The summed E-state index contributed by atoms with van der Waals surface area (Å²) in [6, 6.07) is 48.9. The quantitative estimate of drug-likeness (QED) is 0.184. The average Bonchev–Trinajstić information content (AvgIpc) is 3.58. The molecule has 0 bridgehead atoms. The molecule has 2 aromatic heterocycles. The van der Waals surface area contributed by atoms with E-state index in [2.05, 4.69) is 171 Å². The molecule has 0 unspecified atom stereocenters. The van der Waals surface area contributed by atoms with Gasteiger partial charge in [-0.05, 0) is 110 Å². The van der Waals surface area contributed by atoms with Crippen molar-refractivity contribution in [3.05, 3.63) is 145 Å². The Morgan fingerprint density at radius 2 is 0.854 bits per heavy atom. The van der Waals surface area contributed by atoms with Gasteiger partial charge in [-0.2, -0.15) is 0 Å². The SMILES string of the molecule is Cc1nc2ccc(-c3cccc4c(-c5ccc(-c6ccccc6)cc5)c5cccc(-c6ccc7nc(C)n(C)c7c6)c5cc34)cc2n1C. The number of hydrogen-bond donors (Lipinski definition) is 0. The number of aromatic nitrogens is 4. The van der Waals surface area contributed by atoms with Gasteiger partial charge < -0.3 is 9.13 Å². The van der Waals surface area contributed by atoms with Crippen LogP contribution in [0.1, 0.15) is 11.6 Å². The highest BCUT2D eigenvalue weighted by Crippen LogP contribution is 2.44. The van der Waals surface area contributed by atoms with Crippen LogP contribution >= 0.6 is 0 Å². The number of imidazole rings is 2. The second-order valence-electron chi connectivity index (χ2n) is 12.8. The van der Waals surface area contributed by atoms with Crippen LogP contribution in [0.25, 0.3) is 88.1 Å². The molecule has 9 aromatic rings. The summed E-state index contributed by atoms with van der Waals surface area (Å²) in [5, 5.41) is 4.94. The summed E-state index contributed by atoms with van der Waals surface area (Å²) >= 11 is 0. The number of benzene rings is 7. The maximum Gasteiger partial charge on any atom is 0.106 e. The Bertz CT molecular complexity index is 2550. The fraction of sp³-hybridized carbons (Fsp3) is 0.0909. The molecule has 0 aliphatic heterocycles. The van der Waals surface area contributed by atoms with Crippen molar-refractivity contribution in [2.24, 2.45) is 14.1 Å². The molecule has 9 rings (SSSR count). The van der Waals surface area contributed by atoms with Gasteiger partial charge in [-0.15, -0.1) is 0 Å². The largest absolute Gasteiger partial charge is 0.331 e. The molecule has 4 nitrogen and oxygen atoms in total. The maximum absolute atomic E-state index is 4.76. The molecular weight excluding hydrogens is 585 g/mol. The highest BCUT2D eigenvalue weighted by molar-refractivity contribution is 6.19. The van der Waals surface area contributed by atoms with Gasteiger partial charge in [-0.1, -0.05) is 103 Å². The summed E-state index contributed by atoms with van der Waals surface area (Å²) in [7, 11) is 4.18. The molecule has 0 atom stereocenters. The average molecular weight is 619 g/mol. The van der Waals surface area contributed by atoms with Crippen LogP contribution in [0.4, 0.5) is 0 Å². The Morgan fingerprint density at radius 3 is 1.38 bits per heavy atom. The molecule has 0 amide bonds. The van der Waals surface area contributed by atoms with E-state index in [9.17, 15) is 0 Å². The number of fused-ring (bicyclic) bond motifs is 4. The Kier molecular flexibility index (Phi) is 6.34. The minimum Gasteiger partial charge on any atom is -0.331 e. The van der Waals surface area contributed by atoms with Crippen LogP contribution < -0.4 is 0 Å². The van der Waals surface area contributed by atoms with E-state index in [1.54, 1.807) is 0 Å². The summed E-state index contributed by atoms with van der Waals surface area (Å²) < 4.78 is 4.35. The van der Waals surface area contributed by atoms with Gasteiger partial charge in [0.15, 0.2) is 0 Å². The minimum atomic E-state index is 1.01. The van der Waals surface area contributed by atoms with E-state index >= 15 is 0 Å². The van der Waals surface area contributed by atoms with Gasteiger partial charge in [0.2, 0.25) is 0 Å². The number of nitrogens with zero attached hydrogens (tertiary/aromatic N) is 4. The van der Waals surface area contributed by atoms with E-state index < -0.39 is 0 Å². The fourth-order valence-electron chi connectivity index (χ4n) is 7.40. The molecule has 0 saturated carbocycles. The van der Waals surface area contributed by atoms with Crippen molar-refractivity contribution in [1.29, 1.82) is 0 Å². The number of aryl methyl sites for hydroxylation is 4. The molecule has 7 aromatic carbocycles. The summed E-state index contributed by atoms with van der Waals surface area (Å²) in [5.41, 5.74) is 14.0. The van der Waals surface area contributed by atoms with Gasteiger partial charge in [0, 0.05) is 14.1 Å². The third kappa shape index (κ3) is 4.37. The van der Waals surface area contributed by atoms with Gasteiger partial charge in [0.25, 0.3) is 0 Å². The smallest absolute Gasteiger partial charge is 0.106 e. The molecule has 0 spiro atoms. The number of rotatable bonds is 4. The minimum absolute atomic E-state index is 1.01. The molecule has 0 aliphatic carbocycles. The van der Waals surface area contributed by atoms with E-state index in [-0.39, 0.29) is 0 Å². The second kappa shape index (κ2) is 10.8. The Labute approximate surface area is 279 Å². The lowest BCUT2D eigenvalue weighted by atomic mass is 9.86. The summed E-state index contributed by atoms with van der Waals surface area (Å²) in [5.74, 6) is 2.02. The molecule has 0 aliphatic rings. The lowest BCUT2D eigenvalue weighted by Crippen LogP contribution is -1.92. The molecule has 4 heteroatoms. The summed E-state index contributed by atoms with van der Waals surface area (Å²) in [6.45, 7) is 4.12. The van der Waals surface area contributed by atoms with Crippen LogP contribution in [0.5, 0.6) is 0 Å². The van der Waals surface area contributed by atoms with Crippen LogP contribution in [0.3, 0.4) is 0 Å². The Balaban J connectivity index is 1.34. The van der Waals surface area contributed by atoms with E-state index in [0.717, 1.165) is 33.7 Å². The van der Waals surface area contributed by atoms with Gasteiger partial charge >= 0.3 is 0 Å². The first-order valence-corrected chi connectivity index (χ1v) is 16.5. The van der Waals surface area contributed by atoms with E-state index in [1.807, 2.05) is 0 Å². The fourth-order valence-corrected chi connectivity index (χ4v) is 7.40. The summed E-state index contributed by atoms with van der Waals surface area (Å²) in [4.78, 5) is 9.53. The van der Waals surface area contributed by atoms with Gasteiger partial charge in [-0.25, -0.2) is 9.97 Å². The molecule has 48 heavy (non-hydrogen) atoms. The lowest BCUT2D eigenvalue weighted by molar-refractivity contribution is 0.886. The molecule has 2 heterocycles. The van der Waals surface area contributed by atoms with Crippen LogP contribution in [0.15, 0.2) is 133 Å². The Hall–Kier alpha value is -6.00. The van der Waals surface area contributed by atoms with Gasteiger partial charge in [0.05, 0.1) is 22.1 Å². The van der Waals surface area contributed by atoms with Crippen LogP contribution in [-0.2, 0) is 14.1 Å². The van der Waals surface area contributed by atoms with Crippen LogP contribution in [0.2, 0.25) is 0 Å². The van der Waals surface area contributed by atoms with Crippen LogP contribution in [-0.4, -0.2) is 19.1 Å². The topological polar surface area (TPSA) is 35.6 Å². The van der Waals surface area contributed by atoms with Crippen molar-refractivity contribution in [3.63, 3.8) is 0 Å². The van der Waals surface area contributed by atoms with E-state index in [1.165, 1.54) is 66.1 Å². The molecule has 0 saturated heterocycles. The van der Waals surface area contributed by atoms with Crippen molar-refractivity contribution in [3.8, 4) is 44.5 Å². The van der Waals surface area contributed by atoms with E-state index in [0.29, 0.717) is 0 Å². The summed E-state index contributed by atoms with van der Waals surface area (Å²) in [6.07, 6.45) is 0. The predicted molar refractivity (Wildman–Crippen MR) is 201 cm³/mol. The number of hydrogen-bond acceptors (Lipinski definition) is 2. The molecule has 0 radical (unpaired) electrons. The van der Waals surface area contributed by atoms with Gasteiger partial charge in [-0.3, -0.25) is 0 Å². The normalized spacial score (nSPS) is 11.8. The Morgan fingerprint density at radius 1 is 0.396 bits per heavy atom. The van der Waals surface area contributed by atoms with E-state index in [4.69, 9.17) is 9.97 Å². The third-order valence-electron chi connectivity index (χ3n) is 10.2.